The third-order valence-electron chi connectivity index (χ3n) is 2.86. The van der Waals surface area contributed by atoms with Crippen LogP contribution in [-0.4, -0.2) is 16.9 Å². The topological polar surface area (TPSA) is 27.1 Å². The molecule has 0 saturated heterocycles. The Kier molecular flexibility index (Phi) is 3.26. The number of hydrogen-bond acceptors (Lipinski definition) is 2. The molecule has 0 aliphatic heterocycles. The second kappa shape index (κ2) is 4.60. The van der Waals surface area contributed by atoms with Crippen molar-refractivity contribution in [1.82, 2.24) is 9.78 Å². The van der Waals surface area contributed by atoms with E-state index in [0.29, 0.717) is 17.0 Å². The first-order chi connectivity index (χ1) is 8.84. The van der Waals surface area contributed by atoms with E-state index in [1.54, 1.807) is 12.1 Å². The Bertz CT molecular complexity index is 602. The van der Waals surface area contributed by atoms with Crippen LogP contribution in [0.25, 0.3) is 11.3 Å². The largest absolute Gasteiger partial charge is 0.496 e. The second-order valence-electron chi connectivity index (χ2n) is 4.19. The van der Waals surface area contributed by atoms with E-state index in [4.69, 9.17) is 4.74 Å². The molecule has 19 heavy (non-hydrogen) atoms. The highest BCUT2D eigenvalue weighted by Gasteiger charge is 2.35. The average molecular weight is 270 g/mol. The zero-order valence-electron chi connectivity index (χ0n) is 10.7. The highest BCUT2D eigenvalue weighted by atomic mass is 19.4. The number of para-hydroxylation sites is 1. The number of nitrogens with zero attached hydrogens (tertiary/aromatic N) is 2. The van der Waals surface area contributed by atoms with Crippen LogP contribution in [-0.2, 0) is 13.2 Å². The molecule has 0 radical (unpaired) electrons. The van der Waals surface area contributed by atoms with Gasteiger partial charge in [0.1, 0.15) is 5.75 Å². The number of methoxy groups -OCH3 is 1. The third kappa shape index (κ3) is 2.43. The van der Waals surface area contributed by atoms with Gasteiger partial charge < -0.3 is 4.74 Å². The molecule has 1 aromatic carbocycles. The number of alkyl halides is 3. The van der Waals surface area contributed by atoms with Crippen LogP contribution in [0.15, 0.2) is 24.3 Å². The average Bonchev–Trinajstić information content (AvgIpc) is 2.70. The van der Waals surface area contributed by atoms with Gasteiger partial charge in [-0.1, -0.05) is 12.1 Å². The summed E-state index contributed by atoms with van der Waals surface area (Å²) in [5.74, 6) is 0.555. The molecule has 0 N–H and O–H groups in total. The number of aromatic nitrogens is 2. The Morgan fingerprint density at radius 2 is 1.95 bits per heavy atom. The molecular weight excluding hydrogens is 257 g/mol. The number of benzene rings is 1. The van der Waals surface area contributed by atoms with Crippen LogP contribution >= 0.6 is 0 Å². The minimum absolute atomic E-state index is 0.368. The molecule has 2 rings (SSSR count). The Morgan fingerprint density at radius 3 is 2.47 bits per heavy atom. The Morgan fingerprint density at radius 1 is 1.26 bits per heavy atom. The first-order valence-electron chi connectivity index (χ1n) is 5.60. The summed E-state index contributed by atoms with van der Waals surface area (Å²) in [6.45, 7) is 1.84. The van der Waals surface area contributed by atoms with Crippen molar-refractivity contribution in [1.29, 1.82) is 0 Å². The van der Waals surface area contributed by atoms with Crippen LogP contribution in [0.4, 0.5) is 13.2 Å². The van der Waals surface area contributed by atoms with Gasteiger partial charge in [-0.05, 0) is 24.6 Å². The van der Waals surface area contributed by atoms with Gasteiger partial charge in [0.05, 0.1) is 12.8 Å². The Balaban J connectivity index is 2.60. The van der Waals surface area contributed by atoms with Crippen molar-refractivity contribution >= 4 is 0 Å². The molecule has 2 aromatic rings. The first-order valence-corrected chi connectivity index (χ1v) is 5.60. The summed E-state index contributed by atoms with van der Waals surface area (Å²) in [5.41, 5.74) is 0.907. The summed E-state index contributed by atoms with van der Waals surface area (Å²) < 4.78 is 44.4. The zero-order chi connectivity index (χ0) is 14.2. The lowest BCUT2D eigenvalue weighted by Gasteiger charge is -2.10. The smallest absolute Gasteiger partial charge is 0.435 e. The summed E-state index contributed by atoms with van der Waals surface area (Å²) in [5, 5.41) is 3.50. The minimum Gasteiger partial charge on any atom is -0.496 e. The van der Waals surface area contributed by atoms with Gasteiger partial charge >= 0.3 is 6.18 Å². The van der Waals surface area contributed by atoms with Crippen LogP contribution < -0.4 is 4.74 Å². The summed E-state index contributed by atoms with van der Waals surface area (Å²) in [7, 11) is 2.97. The molecule has 0 aliphatic carbocycles. The maximum absolute atomic E-state index is 12.7. The summed E-state index contributed by atoms with van der Waals surface area (Å²) in [6, 6.07) is 6.34. The number of halogens is 3. The lowest BCUT2D eigenvalue weighted by Crippen LogP contribution is -2.06. The van der Waals surface area contributed by atoms with Crippen LogP contribution in [0, 0.1) is 6.92 Å². The normalized spacial score (nSPS) is 11.7. The summed E-state index contributed by atoms with van der Waals surface area (Å²) >= 11 is 0. The lowest BCUT2D eigenvalue weighted by atomic mass is 10.1. The Labute approximate surface area is 108 Å². The highest BCUT2D eigenvalue weighted by Crippen LogP contribution is 2.36. The van der Waals surface area contributed by atoms with E-state index in [1.165, 1.54) is 18.8 Å². The quantitative estimate of drug-likeness (QED) is 0.836. The monoisotopic (exact) mass is 270 g/mol. The van der Waals surface area contributed by atoms with E-state index in [-0.39, 0.29) is 0 Å². The molecule has 0 spiro atoms. The molecule has 3 nitrogen and oxygen atoms in total. The molecule has 0 saturated carbocycles. The molecule has 0 amide bonds. The number of hydrogen-bond donors (Lipinski definition) is 0. The molecule has 0 aliphatic rings. The van der Waals surface area contributed by atoms with Crippen molar-refractivity contribution in [2.75, 3.05) is 7.11 Å². The lowest BCUT2D eigenvalue weighted by molar-refractivity contribution is -0.141. The molecule has 1 heterocycles. The van der Waals surface area contributed by atoms with E-state index in [9.17, 15) is 13.2 Å². The zero-order valence-corrected chi connectivity index (χ0v) is 10.7. The molecule has 102 valence electrons. The minimum atomic E-state index is -4.45. The van der Waals surface area contributed by atoms with E-state index >= 15 is 0 Å². The predicted molar refractivity (Wildman–Crippen MR) is 64.9 cm³/mol. The standard InChI is InChI=1S/C13H13F3N2O/c1-8-5-4-6-9(12(8)19-3)10-7-11(13(14,15)16)17-18(10)2/h4-7H,1-3H3. The Hall–Kier alpha value is -1.98. The van der Waals surface area contributed by atoms with Gasteiger partial charge in [-0.2, -0.15) is 18.3 Å². The van der Waals surface area contributed by atoms with E-state index < -0.39 is 11.9 Å². The molecule has 0 bridgehead atoms. The van der Waals surface area contributed by atoms with E-state index in [0.717, 1.165) is 11.6 Å². The second-order valence-corrected chi connectivity index (χ2v) is 4.19. The maximum Gasteiger partial charge on any atom is 0.435 e. The molecular formula is C13H13F3N2O. The van der Waals surface area contributed by atoms with Gasteiger partial charge in [0.2, 0.25) is 0 Å². The maximum atomic E-state index is 12.7. The fourth-order valence-electron chi connectivity index (χ4n) is 1.98. The van der Waals surface area contributed by atoms with E-state index in [2.05, 4.69) is 5.10 Å². The van der Waals surface area contributed by atoms with Crippen LogP contribution in [0.1, 0.15) is 11.3 Å². The number of aryl methyl sites for hydroxylation is 2. The van der Waals surface area contributed by atoms with E-state index in [1.807, 2.05) is 13.0 Å². The highest BCUT2D eigenvalue weighted by molar-refractivity contribution is 5.69. The van der Waals surface area contributed by atoms with Crippen molar-refractivity contribution < 1.29 is 17.9 Å². The molecule has 6 heteroatoms. The summed E-state index contributed by atoms with van der Waals surface area (Å²) in [6.07, 6.45) is -4.45. The molecule has 0 atom stereocenters. The molecule has 0 fully saturated rings. The first kappa shape index (κ1) is 13.5. The van der Waals surface area contributed by atoms with Crippen molar-refractivity contribution in [3.8, 4) is 17.0 Å². The SMILES string of the molecule is COc1c(C)cccc1-c1cc(C(F)(F)F)nn1C. The fraction of sp³-hybridized carbons (Fsp3) is 0.308. The van der Waals surface area contributed by atoms with Crippen molar-refractivity contribution in [2.24, 2.45) is 7.05 Å². The van der Waals surface area contributed by atoms with Gasteiger partial charge in [0.15, 0.2) is 5.69 Å². The van der Waals surface area contributed by atoms with Crippen LogP contribution in [0.3, 0.4) is 0 Å². The van der Waals surface area contributed by atoms with Crippen molar-refractivity contribution in [3.63, 3.8) is 0 Å². The van der Waals surface area contributed by atoms with Gasteiger partial charge in [-0.15, -0.1) is 0 Å². The predicted octanol–water partition coefficient (Wildman–Crippen LogP) is 3.42. The fourth-order valence-corrected chi connectivity index (χ4v) is 1.98. The van der Waals surface area contributed by atoms with Gasteiger partial charge in [-0.3, -0.25) is 4.68 Å². The van der Waals surface area contributed by atoms with Gasteiger partial charge in [0, 0.05) is 12.6 Å². The van der Waals surface area contributed by atoms with Crippen molar-refractivity contribution in [3.05, 3.63) is 35.5 Å². The van der Waals surface area contributed by atoms with Gasteiger partial charge in [-0.25, -0.2) is 0 Å². The molecule has 0 unspecified atom stereocenters. The third-order valence-corrected chi connectivity index (χ3v) is 2.86. The van der Waals surface area contributed by atoms with Crippen LogP contribution in [0.5, 0.6) is 5.75 Å². The number of ether oxygens (including phenoxy) is 1. The van der Waals surface area contributed by atoms with Crippen LogP contribution in [0.2, 0.25) is 0 Å². The van der Waals surface area contributed by atoms with Crippen molar-refractivity contribution in [2.45, 2.75) is 13.1 Å². The number of rotatable bonds is 2. The summed E-state index contributed by atoms with van der Waals surface area (Å²) in [4.78, 5) is 0. The molecule has 1 aromatic heterocycles. The van der Waals surface area contributed by atoms with Gasteiger partial charge in [0.25, 0.3) is 0 Å².